The molecular formula is C13H26N2O. The predicted molar refractivity (Wildman–Crippen MR) is 66.5 cm³/mol. The van der Waals surface area contributed by atoms with Gasteiger partial charge in [-0.1, -0.05) is 6.42 Å². The molecule has 2 heterocycles. The average Bonchev–Trinajstić information content (AvgIpc) is 2.78. The molecule has 0 aromatic carbocycles. The fraction of sp³-hybridized carbons (Fsp3) is 1.00. The van der Waals surface area contributed by atoms with Crippen LogP contribution in [0.15, 0.2) is 0 Å². The Labute approximate surface area is 99.4 Å². The Hall–Kier alpha value is -0.120. The van der Waals surface area contributed by atoms with Gasteiger partial charge >= 0.3 is 0 Å². The van der Waals surface area contributed by atoms with Gasteiger partial charge in [-0.3, -0.25) is 9.80 Å². The van der Waals surface area contributed by atoms with E-state index < -0.39 is 0 Å². The van der Waals surface area contributed by atoms with E-state index in [9.17, 15) is 5.11 Å². The zero-order valence-electron chi connectivity index (χ0n) is 10.7. The third-order valence-electron chi connectivity index (χ3n) is 4.38. The van der Waals surface area contributed by atoms with Crippen molar-refractivity contribution in [2.75, 3.05) is 26.2 Å². The summed E-state index contributed by atoms with van der Waals surface area (Å²) in [4.78, 5) is 5.11. The monoisotopic (exact) mass is 226 g/mol. The van der Waals surface area contributed by atoms with Crippen molar-refractivity contribution in [1.29, 1.82) is 0 Å². The Kier molecular flexibility index (Phi) is 4.22. The van der Waals surface area contributed by atoms with E-state index in [1.165, 1.54) is 38.8 Å². The maximum atomic E-state index is 9.62. The minimum atomic E-state index is -0.208. The second kappa shape index (κ2) is 5.48. The molecular weight excluding hydrogens is 200 g/mol. The normalized spacial score (nSPS) is 32.8. The van der Waals surface area contributed by atoms with Crippen molar-refractivity contribution in [3.05, 3.63) is 0 Å². The second-order valence-electron chi connectivity index (χ2n) is 5.52. The Morgan fingerprint density at radius 1 is 1.06 bits per heavy atom. The lowest BCUT2D eigenvalue weighted by Gasteiger charge is -2.33. The summed E-state index contributed by atoms with van der Waals surface area (Å²) in [6.07, 6.45) is 5.25. The van der Waals surface area contributed by atoms with E-state index in [1.807, 2.05) is 6.92 Å². The van der Waals surface area contributed by atoms with Crippen molar-refractivity contribution in [1.82, 2.24) is 9.80 Å². The van der Waals surface area contributed by atoms with Crippen LogP contribution in [0.3, 0.4) is 0 Å². The molecule has 3 atom stereocenters. The summed E-state index contributed by atoms with van der Waals surface area (Å²) in [5.74, 6) is 0. The number of hydrogen-bond acceptors (Lipinski definition) is 3. The van der Waals surface area contributed by atoms with E-state index in [2.05, 4.69) is 16.7 Å². The Morgan fingerprint density at radius 3 is 2.38 bits per heavy atom. The third-order valence-corrected chi connectivity index (χ3v) is 4.38. The molecule has 0 saturated carbocycles. The van der Waals surface area contributed by atoms with Gasteiger partial charge in [-0.05, 0) is 46.2 Å². The van der Waals surface area contributed by atoms with Crippen LogP contribution in [0.25, 0.3) is 0 Å². The summed E-state index contributed by atoms with van der Waals surface area (Å²) >= 11 is 0. The van der Waals surface area contributed by atoms with Crippen molar-refractivity contribution in [3.63, 3.8) is 0 Å². The molecule has 1 N–H and O–H groups in total. The molecule has 3 unspecified atom stereocenters. The minimum absolute atomic E-state index is 0.208. The minimum Gasteiger partial charge on any atom is -0.392 e. The van der Waals surface area contributed by atoms with Crippen LogP contribution in [0.5, 0.6) is 0 Å². The van der Waals surface area contributed by atoms with Crippen LogP contribution in [0, 0.1) is 0 Å². The molecule has 0 bridgehead atoms. The standard InChI is InChI=1S/C13H26N2O/c1-11(12(2)16)15-9-6-13(10-15)14-7-4-3-5-8-14/h11-13,16H,3-10H2,1-2H3. The quantitative estimate of drug-likeness (QED) is 0.786. The SMILES string of the molecule is CC(O)C(C)N1CCC(N2CCCCC2)C1. The highest BCUT2D eigenvalue weighted by Crippen LogP contribution is 2.22. The Balaban J connectivity index is 1.82. The van der Waals surface area contributed by atoms with Gasteiger partial charge in [0.1, 0.15) is 0 Å². The number of likely N-dealkylation sites (tertiary alicyclic amines) is 2. The van der Waals surface area contributed by atoms with Gasteiger partial charge in [0.05, 0.1) is 6.10 Å². The van der Waals surface area contributed by atoms with Crippen molar-refractivity contribution in [2.45, 2.75) is 57.7 Å². The van der Waals surface area contributed by atoms with E-state index in [0.717, 1.165) is 19.1 Å². The van der Waals surface area contributed by atoms with E-state index in [4.69, 9.17) is 0 Å². The molecule has 2 saturated heterocycles. The van der Waals surface area contributed by atoms with Crippen LogP contribution in [0.4, 0.5) is 0 Å². The molecule has 2 aliphatic rings. The van der Waals surface area contributed by atoms with Crippen LogP contribution >= 0.6 is 0 Å². The molecule has 3 nitrogen and oxygen atoms in total. The molecule has 2 fully saturated rings. The first-order valence-electron chi connectivity index (χ1n) is 6.84. The highest BCUT2D eigenvalue weighted by molar-refractivity contribution is 4.88. The Morgan fingerprint density at radius 2 is 1.75 bits per heavy atom. The highest BCUT2D eigenvalue weighted by atomic mass is 16.3. The summed E-state index contributed by atoms with van der Waals surface area (Å²) < 4.78 is 0. The van der Waals surface area contributed by atoms with Gasteiger partial charge in [-0.25, -0.2) is 0 Å². The molecule has 0 radical (unpaired) electrons. The largest absolute Gasteiger partial charge is 0.392 e. The van der Waals surface area contributed by atoms with Crippen LogP contribution in [0.2, 0.25) is 0 Å². The molecule has 0 amide bonds. The van der Waals surface area contributed by atoms with Gasteiger partial charge in [-0.2, -0.15) is 0 Å². The van der Waals surface area contributed by atoms with Gasteiger partial charge in [0.2, 0.25) is 0 Å². The molecule has 0 aromatic heterocycles. The summed E-state index contributed by atoms with van der Waals surface area (Å²) in [5.41, 5.74) is 0. The molecule has 0 spiro atoms. The molecule has 2 rings (SSSR count). The maximum Gasteiger partial charge on any atom is 0.0664 e. The first-order chi connectivity index (χ1) is 7.68. The highest BCUT2D eigenvalue weighted by Gasteiger charge is 2.31. The van der Waals surface area contributed by atoms with Crippen molar-refractivity contribution in [2.24, 2.45) is 0 Å². The van der Waals surface area contributed by atoms with Crippen LogP contribution in [-0.4, -0.2) is 59.3 Å². The molecule has 2 aliphatic heterocycles. The lowest BCUT2D eigenvalue weighted by Crippen LogP contribution is -2.44. The second-order valence-corrected chi connectivity index (χ2v) is 5.52. The van der Waals surface area contributed by atoms with Gasteiger partial charge in [0.15, 0.2) is 0 Å². The zero-order chi connectivity index (χ0) is 11.5. The van der Waals surface area contributed by atoms with Gasteiger partial charge in [0, 0.05) is 25.2 Å². The summed E-state index contributed by atoms with van der Waals surface area (Å²) in [6, 6.07) is 1.07. The summed E-state index contributed by atoms with van der Waals surface area (Å²) in [5, 5.41) is 9.62. The summed E-state index contributed by atoms with van der Waals surface area (Å²) in [6.45, 7) is 8.95. The Bertz CT molecular complexity index is 214. The number of hydrogen-bond donors (Lipinski definition) is 1. The van der Waals surface area contributed by atoms with Crippen molar-refractivity contribution >= 4 is 0 Å². The lowest BCUT2D eigenvalue weighted by atomic mass is 10.1. The third kappa shape index (κ3) is 2.76. The van der Waals surface area contributed by atoms with Gasteiger partial charge in [0.25, 0.3) is 0 Å². The van der Waals surface area contributed by atoms with Gasteiger partial charge in [-0.15, -0.1) is 0 Å². The first-order valence-corrected chi connectivity index (χ1v) is 6.84. The maximum absolute atomic E-state index is 9.62. The molecule has 16 heavy (non-hydrogen) atoms. The lowest BCUT2D eigenvalue weighted by molar-refractivity contribution is 0.0771. The van der Waals surface area contributed by atoms with Crippen LogP contribution in [-0.2, 0) is 0 Å². The topological polar surface area (TPSA) is 26.7 Å². The van der Waals surface area contributed by atoms with E-state index >= 15 is 0 Å². The van der Waals surface area contributed by atoms with Crippen LogP contribution in [0.1, 0.15) is 39.5 Å². The average molecular weight is 226 g/mol. The van der Waals surface area contributed by atoms with Crippen molar-refractivity contribution < 1.29 is 5.11 Å². The number of nitrogens with zero attached hydrogens (tertiary/aromatic N) is 2. The first kappa shape index (κ1) is 12.3. The van der Waals surface area contributed by atoms with Crippen LogP contribution < -0.4 is 0 Å². The molecule has 3 heteroatoms. The van der Waals surface area contributed by atoms with Gasteiger partial charge < -0.3 is 5.11 Å². The number of aliphatic hydroxyl groups is 1. The number of piperidine rings is 1. The van der Waals surface area contributed by atoms with E-state index in [1.54, 1.807) is 0 Å². The number of aliphatic hydroxyl groups excluding tert-OH is 1. The summed E-state index contributed by atoms with van der Waals surface area (Å²) in [7, 11) is 0. The smallest absolute Gasteiger partial charge is 0.0664 e. The predicted octanol–water partition coefficient (Wildman–Crippen LogP) is 1.32. The molecule has 0 aliphatic carbocycles. The fourth-order valence-corrected chi connectivity index (χ4v) is 3.02. The molecule has 0 aromatic rings. The van der Waals surface area contributed by atoms with E-state index in [0.29, 0.717) is 6.04 Å². The fourth-order valence-electron chi connectivity index (χ4n) is 3.02. The number of rotatable bonds is 3. The molecule has 94 valence electrons. The zero-order valence-corrected chi connectivity index (χ0v) is 10.7. The van der Waals surface area contributed by atoms with Crippen molar-refractivity contribution in [3.8, 4) is 0 Å². The van der Waals surface area contributed by atoms with E-state index in [-0.39, 0.29) is 6.10 Å².